The molecule has 0 amide bonds. The van der Waals surface area contributed by atoms with E-state index in [4.69, 9.17) is 17.3 Å². The molecule has 1 heterocycles. The van der Waals surface area contributed by atoms with E-state index in [1.54, 1.807) is 6.20 Å². The summed E-state index contributed by atoms with van der Waals surface area (Å²) in [7, 11) is -3.68. The molecule has 0 spiro atoms. The van der Waals surface area contributed by atoms with Crippen LogP contribution in [0.5, 0.6) is 0 Å². The summed E-state index contributed by atoms with van der Waals surface area (Å²) in [5.74, 6) is 0. The minimum Gasteiger partial charge on any atom is -0.397 e. The highest BCUT2D eigenvalue weighted by atomic mass is 35.5. The van der Waals surface area contributed by atoms with E-state index in [-0.39, 0.29) is 10.6 Å². The van der Waals surface area contributed by atoms with E-state index in [0.717, 1.165) is 4.88 Å². The van der Waals surface area contributed by atoms with Gasteiger partial charge in [-0.3, -0.25) is 4.72 Å². The molecule has 0 atom stereocenters. The summed E-state index contributed by atoms with van der Waals surface area (Å²) in [6.07, 6.45) is 1.60. The molecule has 0 saturated carbocycles. The lowest BCUT2D eigenvalue weighted by molar-refractivity contribution is 0.601. The Kier molecular flexibility index (Phi) is 3.47. The van der Waals surface area contributed by atoms with Crippen molar-refractivity contribution < 1.29 is 8.42 Å². The number of hydrogen-bond acceptors (Lipinski definition) is 5. The summed E-state index contributed by atoms with van der Waals surface area (Å²) in [6.45, 7) is 1.84. The van der Waals surface area contributed by atoms with Crippen molar-refractivity contribution in [3.63, 3.8) is 0 Å². The van der Waals surface area contributed by atoms with Crippen LogP contribution in [0.1, 0.15) is 4.88 Å². The lowest BCUT2D eigenvalue weighted by Gasteiger charge is -2.06. The molecular formula is C10H10ClN3O2S2. The fourth-order valence-corrected chi connectivity index (χ4v) is 3.32. The van der Waals surface area contributed by atoms with Gasteiger partial charge in [-0.15, -0.1) is 11.3 Å². The third-order valence-corrected chi connectivity index (χ3v) is 4.76. The van der Waals surface area contributed by atoms with Crippen LogP contribution in [-0.4, -0.2) is 13.4 Å². The molecule has 0 aliphatic heterocycles. The highest BCUT2D eigenvalue weighted by Gasteiger charge is 2.16. The molecule has 5 nitrogen and oxygen atoms in total. The Hall–Kier alpha value is -1.31. The Balaban J connectivity index is 2.33. The first-order valence-electron chi connectivity index (χ1n) is 4.89. The maximum Gasteiger partial charge on any atom is 0.263 e. The molecule has 96 valence electrons. The number of sulfonamides is 1. The highest BCUT2D eigenvalue weighted by molar-refractivity contribution is 7.93. The lowest BCUT2D eigenvalue weighted by atomic mass is 10.3. The Morgan fingerprint density at radius 1 is 1.44 bits per heavy atom. The van der Waals surface area contributed by atoms with E-state index in [0.29, 0.717) is 10.2 Å². The molecular weight excluding hydrogens is 294 g/mol. The van der Waals surface area contributed by atoms with Crippen molar-refractivity contribution in [3.05, 3.63) is 34.3 Å². The second kappa shape index (κ2) is 4.75. The Morgan fingerprint density at radius 2 is 2.17 bits per heavy atom. The topological polar surface area (TPSA) is 85.1 Å². The first kappa shape index (κ1) is 13.1. The van der Waals surface area contributed by atoms with Crippen LogP contribution in [0.25, 0.3) is 0 Å². The monoisotopic (exact) mass is 303 g/mol. The van der Waals surface area contributed by atoms with E-state index in [1.807, 2.05) is 6.92 Å². The number of nitrogen functional groups attached to an aromatic ring is 1. The van der Waals surface area contributed by atoms with E-state index in [9.17, 15) is 8.42 Å². The minimum absolute atomic E-state index is 0.0530. The molecule has 8 heteroatoms. The van der Waals surface area contributed by atoms with Crippen molar-refractivity contribution >= 4 is 43.8 Å². The van der Waals surface area contributed by atoms with Gasteiger partial charge in [-0.2, -0.15) is 0 Å². The van der Waals surface area contributed by atoms with Gasteiger partial charge in [0.25, 0.3) is 10.0 Å². The Morgan fingerprint density at radius 3 is 2.72 bits per heavy atom. The molecule has 18 heavy (non-hydrogen) atoms. The maximum absolute atomic E-state index is 12.0. The number of aromatic nitrogens is 1. The van der Waals surface area contributed by atoms with Crippen LogP contribution in [0.2, 0.25) is 5.02 Å². The fraction of sp³-hybridized carbons (Fsp3) is 0.100. The molecule has 0 aliphatic carbocycles. The van der Waals surface area contributed by atoms with Gasteiger partial charge in [0.2, 0.25) is 0 Å². The fourth-order valence-electron chi connectivity index (χ4n) is 1.26. The first-order chi connectivity index (χ1) is 8.38. The number of halogens is 1. The summed E-state index contributed by atoms with van der Waals surface area (Å²) in [5.41, 5.74) is 5.80. The number of hydrogen-bond donors (Lipinski definition) is 2. The van der Waals surface area contributed by atoms with Crippen molar-refractivity contribution in [1.82, 2.24) is 4.98 Å². The molecule has 2 rings (SSSR count). The van der Waals surface area contributed by atoms with Crippen LogP contribution >= 0.6 is 22.9 Å². The van der Waals surface area contributed by atoms with E-state index in [1.165, 1.54) is 29.5 Å². The molecule has 1 aromatic carbocycles. The van der Waals surface area contributed by atoms with Crippen molar-refractivity contribution in [1.29, 1.82) is 0 Å². The number of aryl methyl sites for hydroxylation is 1. The van der Waals surface area contributed by atoms with Crippen LogP contribution in [0.3, 0.4) is 0 Å². The molecule has 0 aliphatic rings. The average Bonchev–Trinajstić information content (AvgIpc) is 2.67. The number of nitrogens with zero attached hydrogens (tertiary/aromatic N) is 1. The highest BCUT2D eigenvalue weighted by Crippen LogP contribution is 2.25. The van der Waals surface area contributed by atoms with Gasteiger partial charge in [0.15, 0.2) is 5.13 Å². The molecule has 0 bridgehead atoms. The van der Waals surface area contributed by atoms with Gasteiger partial charge in [-0.25, -0.2) is 13.4 Å². The smallest absolute Gasteiger partial charge is 0.263 e. The summed E-state index contributed by atoms with van der Waals surface area (Å²) >= 11 is 7.00. The van der Waals surface area contributed by atoms with Crippen LogP contribution < -0.4 is 10.5 Å². The standard InChI is InChI=1S/C10H10ClN3O2S2/c1-6-5-13-10(17-6)14-18(15,16)7-2-3-8(11)9(12)4-7/h2-5H,12H2,1H3,(H,13,14). The van der Waals surface area contributed by atoms with Gasteiger partial charge in [0.1, 0.15) is 0 Å². The minimum atomic E-state index is -3.68. The van der Waals surface area contributed by atoms with Crippen molar-refractivity contribution in [2.75, 3.05) is 10.5 Å². The maximum atomic E-state index is 12.0. The van der Waals surface area contributed by atoms with Gasteiger partial charge in [0, 0.05) is 11.1 Å². The van der Waals surface area contributed by atoms with Crippen LogP contribution in [0, 0.1) is 6.92 Å². The summed E-state index contributed by atoms with van der Waals surface area (Å²) in [5, 5.41) is 0.639. The molecule has 0 saturated heterocycles. The number of nitrogens with two attached hydrogens (primary N) is 1. The van der Waals surface area contributed by atoms with E-state index < -0.39 is 10.0 Å². The number of nitrogens with one attached hydrogen (secondary N) is 1. The summed E-state index contributed by atoms with van der Waals surface area (Å²) < 4.78 is 26.4. The number of rotatable bonds is 3. The van der Waals surface area contributed by atoms with Crippen LogP contribution in [0.4, 0.5) is 10.8 Å². The molecule has 3 N–H and O–H groups in total. The second-order valence-electron chi connectivity index (χ2n) is 3.56. The van der Waals surface area contributed by atoms with Crippen molar-refractivity contribution in [3.8, 4) is 0 Å². The Labute approximate surface area is 114 Å². The predicted molar refractivity (Wildman–Crippen MR) is 73.5 cm³/mol. The largest absolute Gasteiger partial charge is 0.397 e. The zero-order chi connectivity index (χ0) is 13.3. The lowest BCUT2D eigenvalue weighted by Crippen LogP contribution is -2.13. The summed E-state index contributed by atoms with van der Waals surface area (Å²) in [4.78, 5) is 4.91. The van der Waals surface area contributed by atoms with Gasteiger partial charge in [-0.05, 0) is 25.1 Å². The molecule has 0 radical (unpaired) electrons. The van der Waals surface area contributed by atoms with Gasteiger partial charge in [-0.1, -0.05) is 11.6 Å². The molecule has 1 aromatic heterocycles. The number of benzene rings is 1. The van der Waals surface area contributed by atoms with Gasteiger partial charge < -0.3 is 5.73 Å². The third-order valence-electron chi connectivity index (χ3n) is 2.12. The SMILES string of the molecule is Cc1cnc(NS(=O)(=O)c2ccc(Cl)c(N)c2)s1. The van der Waals surface area contributed by atoms with E-state index in [2.05, 4.69) is 9.71 Å². The van der Waals surface area contributed by atoms with Gasteiger partial charge in [0.05, 0.1) is 15.6 Å². The third kappa shape index (κ3) is 2.74. The average molecular weight is 304 g/mol. The normalized spacial score (nSPS) is 11.4. The zero-order valence-electron chi connectivity index (χ0n) is 9.34. The number of thiazole rings is 1. The van der Waals surface area contributed by atoms with Crippen LogP contribution in [0.15, 0.2) is 29.3 Å². The van der Waals surface area contributed by atoms with Crippen molar-refractivity contribution in [2.45, 2.75) is 11.8 Å². The number of anilines is 2. The Bertz CT molecular complexity index is 682. The molecule has 0 fully saturated rings. The zero-order valence-corrected chi connectivity index (χ0v) is 11.7. The molecule has 0 unspecified atom stereocenters. The second-order valence-corrected chi connectivity index (χ2v) is 6.89. The quantitative estimate of drug-likeness (QED) is 0.853. The van der Waals surface area contributed by atoms with Crippen molar-refractivity contribution in [2.24, 2.45) is 0 Å². The first-order valence-corrected chi connectivity index (χ1v) is 7.56. The van der Waals surface area contributed by atoms with Gasteiger partial charge >= 0.3 is 0 Å². The molecule has 2 aromatic rings. The predicted octanol–water partition coefficient (Wildman–Crippen LogP) is 2.49. The summed E-state index contributed by atoms with van der Waals surface area (Å²) in [6, 6.07) is 4.14. The van der Waals surface area contributed by atoms with E-state index >= 15 is 0 Å². The van der Waals surface area contributed by atoms with Crippen LogP contribution in [-0.2, 0) is 10.0 Å².